The van der Waals surface area contributed by atoms with Gasteiger partial charge in [-0.05, 0) is 30.3 Å². The van der Waals surface area contributed by atoms with E-state index < -0.39 is 15.7 Å². The van der Waals surface area contributed by atoms with Gasteiger partial charge in [-0.25, -0.2) is 8.42 Å². The number of anilines is 1. The summed E-state index contributed by atoms with van der Waals surface area (Å²) in [7, 11) is -3.44. The Hall–Kier alpha value is -2.03. The van der Waals surface area contributed by atoms with Gasteiger partial charge >= 0.3 is 0 Å². The number of amides is 1. The molecular formula is C15H13ClN2O4S2. The maximum absolute atomic E-state index is 12.3. The van der Waals surface area contributed by atoms with Crippen molar-refractivity contribution in [2.75, 3.05) is 11.1 Å². The summed E-state index contributed by atoms with van der Waals surface area (Å²) in [4.78, 5) is 16.1. The van der Waals surface area contributed by atoms with Crippen LogP contribution in [-0.4, -0.2) is 30.2 Å². The minimum atomic E-state index is -3.44. The summed E-state index contributed by atoms with van der Waals surface area (Å²) in [6.07, 6.45) is 0. The van der Waals surface area contributed by atoms with Crippen molar-refractivity contribution in [3.63, 3.8) is 0 Å². The second-order valence-electron chi connectivity index (χ2n) is 5.05. The van der Waals surface area contributed by atoms with Crippen LogP contribution in [-0.2, 0) is 9.84 Å². The van der Waals surface area contributed by atoms with E-state index >= 15 is 0 Å². The van der Waals surface area contributed by atoms with Gasteiger partial charge in [0.15, 0.2) is 9.84 Å². The van der Waals surface area contributed by atoms with Gasteiger partial charge in [0, 0.05) is 5.39 Å². The zero-order valence-electron chi connectivity index (χ0n) is 12.5. The average molecular weight is 385 g/mol. The van der Waals surface area contributed by atoms with E-state index in [0.717, 1.165) is 10.2 Å². The van der Waals surface area contributed by atoms with Gasteiger partial charge in [-0.1, -0.05) is 18.5 Å². The lowest BCUT2D eigenvalue weighted by atomic mass is 10.2. The molecule has 0 fully saturated rings. The second kappa shape index (κ2) is 6.12. The number of fused-ring (bicyclic) bond motifs is 1. The lowest BCUT2D eigenvalue weighted by molar-refractivity contribution is 0.102. The topological polar surface area (TPSA) is 99.3 Å². The number of benzene rings is 1. The van der Waals surface area contributed by atoms with Crippen molar-refractivity contribution in [2.45, 2.75) is 11.8 Å². The molecule has 0 saturated carbocycles. The number of halogens is 1. The number of phenolic OH excluding ortho intramolecular Hbond substituents is 1. The molecule has 0 unspecified atom stereocenters. The normalized spacial score (nSPS) is 11.8. The second-order valence-corrected chi connectivity index (χ2v) is 9.02. The molecule has 0 aliphatic rings. The van der Waals surface area contributed by atoms with Gasteiger partial charge in [0.05, 0.1) is 20.7 Å². The number of phenols is 1. The number of hydrogen-bond acceptors (Lipinski definition) is 5. The molecule has 3 N–H and O–H groups in total. The van der Waals surface area contributed by atoms with Gasteiger partial charge in [0.1, 0.15) is 16.3 Å². The number of aromatic hydroxyl groups is 1. The van der Waals surface area contributed by atoms with Gasteiger partial charge in [0.25, 0.3) is 5.91 Å². The number of rotatable bonds is 4. The third-order valence-corrected chi connectivity index (χ3v) is 6.41. The highest BCUT2D eigenvalue weighted by Crippen LogP contribution is 2.31. The minimum absolute atomic E-state index is 0.0329. The standard InChI is InChI=1S/C15H13ClN2O4S2/c1-2-24(21,22)9-3-4-12(19)10(7-9)17-14(20)11-5-8-6-13(16)23-15(8)18-11/h3-7,18-19H,2H2,1H3,(H,17,20). The molecule has 0 atom stereocenters. The van der Waals surface area contributed by atoms with Crippen molar-refractivity contribution < 1.29 is 18.3 Å². The quantitative estimate of drug-likeness (QED) is 0.598. The maximum Gasteiger partial charge on any atom is 0.272 e. The Morgan fingerprint density at radius 1 is 1.33 bits per heavy atom. The molecule has 6 nitrogen and oxygen atoms in total. The Balaban J connectivity index is 1.90. The first-order valence-electron chi connectivity index (χ1n) is 6.95. The lowest BCUT2D eigenvalue weighted by Gasteiger charge is -2.09. The van der Waals surface area contributed by atoms with Crippen molar-refractivity contribution in [3.05, 3.63) is 40.4 Å². The van der Waals surface area contributed by atoms with Crippen LogP contribution in [0.4, 0.5) is 5.69 Å². The molecule has 0 saturated heterocycles. The molecule has 3 rings (SSSR count). The van der Waals surface area contributed by atoms with E-state index in [1.807, 2.05) is 0 Å². The summed E-state index contributed by atoms with van der Waals surface area (Å²) in [5.41, 5.74) is 0.321. The Morgan fingerprint density at radius 3 is 2.75 bits per heavy atom. The Morgan fingerprint density at radius 2 is 2.08 bits per heavy atom. The van der Waals surface area contributed by atoms with E-state index in [1.165, 1.54) is 36.5 Å². The molecule has 0 aliphatic heterocycles. The first-order chi connectivity index (χ1) is 11.3. The van der Waals surface area contributed by atoms with Crippen LogP contribution in [0.2, 0.25) is 4.34 Å². The molecule has 1 aromatic carbocycles. The summed E-state index contributed by atoms with van der Waals surface area (Å²) in [6, 6.07) is 7.16. The van der Waals surface area contributed by atoms with Gasteiger partial charge in [0.2, 0.25) is 0 Å². The van der Waals surface area contributed by atoms with Crippen LogP contribution in [0, 0.1) is 0 Å². The zero-order chi connectivity index (χ0) is 17.5. The molecule has 3 aromatic rings. The highest BCUT2D eigenvalue weighted by Gasteiger charge is 2.17. The number of thiophene rings is 1. The number of sulfone groups is 1. The van der Waals surface area contributed by atoms with Crippen molar-refractivity contribution >= 4 is 54.6 Å². The van der Waals surface area contributed by atoms with Crippen molar-refractivity contribution in [1.29, 1.82) is 0 Å². The van der Waals surface area contributed by atoms with Crippen LogP contribution >= 0.6 is 22.9 Å². The number of carbonyl (C=O) groups excluding carboxylic acids is 1. The van der Waals surface area contributed by atoms with E-state index in [1.54, 1.807) is 12.1 Å². The van der Waals surface area contributed by atoms with Crippen LogP contribution in [0.5, 0.6) is 5.75 Å². The molecule has 0 aliphatic carbocycles. The fourth-order valence-corrected chi connectivity index (χ4v) is 4.21. The number of carbonyl (C=O) groups is 1. The van der Waals surface area contributed by atoms with Gasteiger partial charge in [-0.2, -0.15) is 0 Å². The molecule has 2 aromatic heterocycles. The molecule has 1 amide bonds. The van der Waals surface area contributed by atoms with Crippen LogP contribution in [0.1, 0.15) is 17.4 Å². The van der Waals surface area contributed by atoms with E-state index in [2.05, 4.69) is 10.3 Å². The number of nitrogens with one attached hydrogen (secondary N) is 2. The van der Waals surface area contributed by atoms with Crippen molar-refractivity contribution in [1.82, 2.24) is 4.98 Å². The Labute approximate surface area is 147 Å². The van der Waals surface area contributed by atoms with E-state index in [-0.39, 0.29) is 27.8 Å². The number of aromatic nitrogens is 1. The Kier molecular flexibility index (Phi) is 4.29. The molecule has 9 heteroatoms. The summed E-state index contributed by atoms with van der Waals surface area (Å²) < 4.78 is 24.5. The SMILES string of the molecule is CCS(=O)(=O)c1ccc(O)c(NC(=O)c2cc3cc(Cl)sc3[nH]2)c1. The first-order valence-corrected chi connectivity index (χ1v) is 9.80. The highest BCUT2D eigenvalue weighted by molar-refractivity contribution is 7.91. The van der Waals surface area contributed by atoms with E-state index in [4.69, 9.17) is 11.6 Å². The van der Waals surface area contributed by atoms with Crippen molar-refractivity contribution in [3.8, 4) is 5.75 Å². The number of aromatic amines is 1. The molecule has 24 heavy (non-hydrogen) atoms. The van der Waals surface area contributed by atoms with Crippen LogP contribution in [0.15, 0.2) is 35.2 Å². The molecule has 0 bridgehead atoms. The van der Waals surface area contributed by atoms with Crippen LogP contribution in [0.3, 0.4) is 0 Å². The van der Waals surface area contributed by atoms with Gasteiger partial charge in [-0.15, -0.1) is 11.3 Å². The predicted octanol–water partition coefficient (Wildman–Crippen LogP) is 3.63. The minimum Gasteiger partial charge on any atom is -0.506 e. The number of H-pyrrole nitrogens is 1. The predicted molar refractivity (Wildman–Crippen MR) is 95.0 cm³/mol. The molecule has 126 valence electrons. The monoisotopic (exact) mass is 384 g/mol. The summed E-state index contributed by atoms with van der Waals surface area (Å²) >= 11 is 7.20. The summed E-state index contributed by atoms with van der Waals surface area (Å²) in [6.45, 7) is 1.53. The third kappa shape index (κ3) is 3.12. The maximum atomic E-state index is 12.3. The van der Waals surface area contributed by atoms with Crippen LogP contribution < -0.4 is 5.32 Å². The van der Waals surface area contributed by atoms with Gasteiger partial charge in [-0.3, -0.25) is 4.79 Å². The van der Waals surface area contributed by atoms with E-state index in [0.29, 0.717) is 4.34 Å². The molecule has 0 spiro atoms. The fourth-order valence-electron chi connectivity index (χ4n) is 2.18. The molecular weight excluding hydrogens is 372 g/mol. The molecule has 2 heterocycles. The van der Waals surface area contributed by atoms with Crippen LogP contribution in [0.25, 0.3) is 10.2 Å². The van der Waals surface area contributed by atoms with Gasteiger partial charge < -0.3 is 15.4 Å². The lowest BCUT2D eigenvalue weighted by Crippen LogP contribution is -2.13. The van der Waals surface area contributed by atoms with Crippen molar-refractivity contribution in [2.24, 2.45) is 0 Å². The third-order valence-electron chi connectivity index (χ3n) is 3.48. The fraction of sp³-hybridized carbons (Fsp3) is 0.133. The Bertz CT molecular complexity index is 1010. The number of hydrogen-bond donors (Lipinski definition) is 3. The zero-order valence-corrected chi connectivity index (χ0v) is 14.8. The highest BCUT2D eigenvalue weighted by atomic mass is 35.5. The summed E-state index contributed by atoms with van der Waals surface area (Å²) in [5, 5.41) is 13.2. The largest absolute Gasteiger partial charge is 0.506 e. The smallest absolute Gasteiger partial charge is 0.272 e. The van der Waals surface area contributed by atoms with E-state index in [9.17, 15) is 18.3 Å². The average Bonchev–Trinajstić information content (AvgIpc) is 3.06. The summed E-state index contributed by atoms with van der Waals surface area (Å²) in [5.74, 6) is -0.774. The molecule has 0 radical (unpaired) electrons. The first kappa shape index (κ1) is 16.8.